The molecule has 0 aromatic heterocycles. The first-order valence-electron chi connectivity index (χ1n) is 3.13. The summed E-state index contributed by atoms with van der Waals surface area (Å²) in [5, 5.41) is 10.0. The second kappa shape index (κ2) is 2.46. The van der Waals surface area contributed by atoms with Crippen LogP contribution in [0.5, 0.6) is 0 Å². The molecule has 0 atom stereocenters. The van der Waals surface area contributed by atoms with Gasteiger partial charge in [-0.2, -0.15) is 0 Å². The van der Waals surface area contributed by atoms with Gasteiger partial charge in [-0.25, -0.2) is 5.11 Å². The van der Waals surface area contributed by atoms with Crippen LogP contribution in [0.25, 0.3) is 0 Å². The van der Waals surface area contributed by atoms with Crippen molar-refractivity contribution < 1.29 is 5.11 Å². The zero-order chi connectivity index (χ0) is 5.98. The van der Waals surface area contributed by atoms with Crippen LogP contribution in [-0.4, -0.2) is 31.1 Å². The van der Waals surface area contributed by atoms with Crippen molar-refractivity contribution in [2.24, 2.45) is 0 Å². The predicted molar refractivity (Wildman–Crippen MR) is 31.2 cm³/mol. The summed E-state index contributed by atoms with van der Waals surface area (Å²) >= 11 is 0. The molecule has 1 saturated carbocycles. The molecule has 0 spiro atoms. The van der Waals surface area contributed by atoms with Gasteiger partial charge in [-0.1, -0.05) is 0 Å². The maximum Gasteiger partial charge on any atom is 0.0949 e. The molecule has 47 valence electrons. The molecular formula is C6H12NO. The molecule has 0 N–H and O–H groups in total. The van der Waals surface area contributed by atoms with E-state index in [9.17, 15) is 5.11 Å². The minimum Gasteiger partial charge on any atom is -0.301 e. The van der Waals surface area contributed by atoms with Crippen molar-refractivity contribution in [2.45, 2.75) is 18.9 Å². The third-order valence-electron chi connectivity index (χ3n) is 1.61. The van der Waals surface area contributed by atoms with Gasteiger partial charge in [0.1, 0.15) is 0 Å². The van der Waals surface area contributed by atoms with Crippen LogP contribution in [0.3, 0.4) is 0 Å². The van der Waals surface area contributed by atoms with Crippen molar-refractivity contribution in [1.29, 1.82) is 0 Å². The quantitative estimate of drug-likeness (QED) is 0.524. The second-order valence-electron chi connectivity index (χ2n) is 2.42. The Labute approximate surface area is 50.1 Å². The number of likely N-dealkylation sites (N-methyl/N-ethyl adjacent to an activating group) is 1. The van der Waals surface area contributed by atoms with Crippen molar-refractivity contribution in [2.75, 3.05) is 20.2 Å². The van der Waals surface area contributed by atoms with Crippen molar-refractivity contribution in [3.8, 4) is 0 Å². The van der Waals surface area contributed by atoms with E-state index >= 15 is 0 Å². The van der Waals surface area contributed by atoms with Crippen LogP contribution in [0.1, 0.15) is 12.8 Å². The van der Waals surface area contributed by atoms with Crippen LogP contribution >= 0.6 is 0 Å². The Kier molecular flexibility index (Phi) is 1.86. The maximum absolute atomic E-state index is 10.0. The van der Waals surface area contributed by atoms with Gasteiger partial charge in [-0.3, -0.25) is 0 Å². The summed E-state index contributed by atoms with van der Waals surface area (Å²) < 4.78 is 0. The average molecular weight is 114 g/mol. The molecule has 1 aliphatic rings. The molecule has 0 bridgehead atoms. The Morgan fingerprint density at radius 2 is 2.25 bits per heavy atom. The maximum atomic E-state index is 10.0. The van der Waals surface area contributed by atoms with Gasteiger partial charge in [-0.15, -0.1) is 0 Å². The normalized spacial score (nSPS) is 19.9. The van der Waals surface area contributed by atoms with E-state index in [-0.39, 0.29) is 6.61 Å². The number of rotatable bonds is 3. The molecule has 0 aromatic carbocycles. The lowest BCUT2D eigenvalue weighted by Crippen LogP contribution is -2.23. The second-order valence-corrected chi connectivity index (χ2v) is 2.42. The molecule has 1 radical (unpaired) electrons. The van der Waals surface area contributed by atoms with E-state index in [4.69, 9.17) is 0 Å². The minimum absolute atomic E-state index is 0.0486. The Morgan fingerprint density at radius 3 is 2.62 bits per heavy atom. The van der Waals surface area contributed by atoms with Crippen LogP contribution in [-0.2, 0) is 5.11 Å². The van der Waals surface area contributed by atoms with Gasteiger partial charge in [0.05, 0.1) is 6.61 Å². The van der Waals surface area contributed by atoms with Crippen molar-refractivity contribution >= 4 is 0 Å². The first-order valence-corrected chi connectivity index (χ1v) is 3.13. The smallest absolute Gasteiger partial charge is 0.0949 e. The Hall–Kier alpha value is -0.0800. The lowest BCUT2D eigenvalue weighted by Gasteiger charge is -2.11. The first-order chi connectivity index (χ1) is 3.84. The van der Waals surface area contributed by atoms with E-state index in [0.29, 0.717) is 0 Å². The standard InChI is InChI=1S/C6H12NO/c1-7(4-5-8)6-2-3-6/h6H,2-5H2,1H3. The van der Waals surface area contributed by atoms with Gasteiger partial charge in [0.2, 0.25) is 0 Å². The highest BCUT2D eigenvalue weighted by atomic mass is 16.3. The van der Waals surface area contributed by atoms with E-state index in [2.05, 4.69) is 4.90 Å². The zero-order valence-corrected chi connectivity index (χ0v) is 5.26. The summed E-state index contributed by atoms with van der Waals surface area (Å²) in [7, 11) is 2.02. The van der Waals surface area contributed by atoms with Gasteiger partial charge < -0.3 is 4.90 Å². The van der Waals surface area contributed by atoms with Crippen molar-refractivity contribution in [3.63, 3.8) is 0 Å². The Morgan fingerprint density at radius 1 is 1.62 bits per heavy atom. The van der Waals surface area contributed by atoms with Gasteiger partial charge in [0, 0.05) is 12.6 Å². The number of hydrogen-bond donors (Lipinski definition) is 0. The monoisotopic (exact) mass is 114 g/mol. The largest absolute Gasteiger partial charge is 0.301 e. The third kappa shape index (κ3) is 1.46. The van der Waals surface area contributed by atoms with Gasteiger partial charge >= 0.3 is 0 Å². The molecule has 2 nitrogen and oxygen atoms in total. The molecule has 8 heavy (non-hydrogen) atoms. The average Bonchev–Trinajstić information content (AvgIpc) is 2.45. The van der Waals surface area contributed by atoms with Gasteiger partial charge in [0.25, 0.3) is 0 Å². The van der Waals surface area contributed by atoms with Gasteiger partial charge in [-0.05, 0) is 19.9 Å². The highest BCUT2D eigenvalue weighted by Gasteiger charge is 2.25. The van der Waals surface area contributed by atoms with Crippen LogP contribution in [0.4, 0.5) is 0 Å². The van der Waals surface area contributed by atoms with Crippen LogP contribution in [0.15, 0.2) is 0 Å². The molecule has 1 fully saturated rings. The fourth-order valence-electron chi connectivity index (χ4n) is 0.842. The summed E-state index contributed by atoms with van der Waals surface area (Å²) in [5.74, 6) is 0. The molecule has 2 heteroatoms. The summed E-state index contributed by atoms with van der Waals surface area (Å²) in [6, 6.07) is 0.754. The minimum atomic E-state index is 0.0486. The topological polar surface area (TPSA) is 23.1 Å². The van der Waals surface area contributed by atoms with E-state index in [1.165, 1.54) is 12.8 Å². The van der Waals surface area contributed by atoms with Crippen LogP contribution in [0.2, 0.25) is 0 Å². The van der Waals surface area contributed by atoms with Crippen LogP contribution in [0, 0.1) is 0 Å². The fraction of sp³-hybridized carbons (Fsp3) is 1.00. The number of nitrogens with zero attached hydrogens (tertiary/aromatic N) is 1. The molecular weight excluding hydrogens is 102 g/mol. The third-order valence-corrected chi connectivity index (χ3v) is 1.61. The molecule has 0 aromatic rings. The first kappa shape index (κ1) is 6.05. The molecule has 0 unspecified atom stereocenters. The summed E-state index contributed by atoms with van der Waals surface area (Å²) in [5.41, 5.74) is 0. The zero-order valence-electron chi connectivity index (χ0n) is 5.26. The van der Waals surface area contributed by atoms with E-state index < -0.39 is 0 Å². The van der Waals surface area contributed by atoms with Gasteiger partial charge in [0.15, 0.2) is 0 Å². The Balaban J connectivity index is 2.03. The summed E-state index contributed by atoms with van der Waals surface area (Å²) in [6.07, 6.45) is 2.60. The summed E-state index contributed by atoms with van der Waals surface area (Å²) in [4.78, 5) is 2.15. The van der Waals surface area contributed by atoms with Crippen LogP contribution < -0.4 is 0 Å². The van der Waals surface area contributed by atoms with E-state index in [1.54, 1.807) is 0 Å². The molecule has 0 aliphatic heterocycles. The highest BCUT2D eigenvalue weighted by Crippen LogP contribution is 2.24. The number of hydrogen-bond acceptors (Lipinski definition) is 1. The molecule has 0 heterocycles. The fourth-order valence-corrected chi connectivity index (χ4v) is 0.842. The SMILES string of the molecule is CN(CC[O])C1CC1. The molecule has 0 amide bonds. The lowest BCUT2D eigenvalue weighted by molar-refractivity contribution is 0.151. The van der Waals surface area contributed by atoms with Crippen molar-refractivity contribution in [1.82, 2.24) is 4.90 Å². The Bertz CT molecular complexity index is 70.9. The molecule has 1 aliphatic carbocycles. The summed E-state index contributed by atoms with van der Waals surface area (Å²) in [6.45, 7) is 0.775. The molecule has 1 rings (SSSR count). The van der Waals surface area contributed by atoms with E-state index in [1.807, 2.05) is 7.05 Å². The molecule has 0 saturated heterocycles. The lowest BCUT2D eigenvalue weighted by atomic mass is 10.5. The predicted octanol–water partition coefficient (Wildman–Crippen LogP) is 0.511. The highest BCUT2D eigenvalue weighted by molar-refractivity contribution is 4.81. The van der Waals surface area contributed by atoms with E-state index in [0.717, 1.165) is 12.6 Å². The van der Waals surface area contributed by atoms with Crippen molar-refractivity contribution in [3.05, 3.63) is 0 Å².